The molecule has 3 amide bonds. The topological polar surface area (TPSA) is 92.8 Å². The van der Waals surface area contributed by atoms with E-state index in [1.165, 1.54) is 23.1 Å². The third-order valence-corrected chi connectivity index (χ3v) is 6.65. The molecule has 1 heterocycles. The summed E-state index contributed by atoms with van der Waals surface area (Å²) in [4.78, 5) is 51.3. The van der Waals surface area contributed by atoms with Gasteiger partial charge < -0.3 is 10.1 Å². The molecule has 172 valence electrons. The minimum absolute atomic E-state index is 0.177. The lowest BCUT2D eigenvalue weighted by atomic mass is 9.76. The monoisotopic (exact) mass is 488 g/mol. The first-order valence-corrected chi connectivity index (χ1v) is 11.4. The third-order valence-electron chi connectivity index (χ3n) is 6.09. The number of amides is 3. The van der Waals surface area contributed by atoms with Gasteiger partial charge >= 0.3 is 5.97 Å². The zero-order valence-corrected chi connectivity index (χ0v) is 19.4. The van der Waals surface area contributed by atoms with E-state index in [0.717, 1.165) is 19.3 Å². The second kappa shape index (κ2) is 9.53. The van der Waals surface area contributed by atoms with Crippen molar-refractivity contribution in [3.05, 3.63) is 58.1 Å². The Bertz CT molecular complexity index is 1120. The highest BCUT2D eigenvalue weighted by Crippen LogP contribution is 2.42. The molecule has 2 aromatic carbocycles. The van der Waals surface area contributed by atoms with Gasteiger partial charge in [-0.3, -0.25) is 19.3 Å². The van der Waals surface area contributed by atoms with Gasteiger partial charge in [0.15, 0.2) is 6.61 Å². The second-order valence-corrected chi connectivity index (χ2v) is 9.28. The fourth-order valence-corrected chi connectivity index (χ4v) is 4.72. The highest BCUT2D eigenvalue weighted by atomic mass is 35.5. The van der Waals surface area contributed by atoms with Crippen LogP contribution in [0.2, 0.25) is 10.0 Å². The smallest absolute Gasteiger partial charge is 0.338 e. The first-order valence-electron chi connectivity index (χ1n) is 10.6. The first kappa shape index (κ1) is 23.3. The number of fused-ring (bicyclic) bond motifs is 1. The zero-order chi connectivity index (χ0) is 23.7. The number of hydrogen-bond donors (Lipinski definition) is 1. The van der Waals surface area contributed by atoms with Crippen LogP contribution in [0.3, 0.4) is 0 Å². The van der Waals surface area contributed by atoms with Gasteiger partial charge in [0.25, 0.3) is 5.91 Å². The molecule has 4 rings (SSSR count). The van der Waals surface area contributed by atoms with Crippen LogP contribution in [0.5, 0.6) is 0 Å². The van der Waals surface area contributed by atoms with E-state index in [1.807, 2.05) is 0 Å². The molecule has 0 radical (unpaired) electrons. The van der Waals surface area contributed by atoms with E-state index in [-0.39, 0.29) is 29.2 Å². The van der Waals surface area contributed by atoms with Crippen LogP contribution in [0.4, 0.5) is 11.4 Å². The van der Waals surface area contributed by atoms with Gasteiger partial charge in [0, 0.05) is 5.02 Å². The molecule has 1 N–H and O–H groups in total. The number of nitrogens with zero attached hydrogens (tertiary/aromatic N) is 1. The summed E-state index contributed by atoms with van der Waals surface area (Å²) in [5, 5.41) is 3.23. The van der Waals surface area contributed by atoms with Crippen LogP contribution in [0.1, 0.15) is 36.5 Å². The summed E-state index contributed by atoms with van der Waals surface area (Å²) in [6.07, 6.45) is 2.38. The largest absolute Gasteiger partial charge is 0.452 e. The summed E-state index contributed by atoms with van der Waals surface area (Å²) in [7, 11) is 0. The van der Waals surface area contributed by atoms with Gasteiger partial charge in [-0.25, -0.2) is 4.79 Å². The van der Waals surface area contributed by atoms with Crippen molar-refractivity contribution in [1.29, 1.82) is 0 Å². The van der Waals surface area contributed by atoms with E-state index in [0.29, 0.717) is 27.3 Å². The van der Waals surface area contributed by atoms with Crippen molar-refractivity contribution in [3.8, 4) is 0 Å². The molecule has 2 fully saturated rings. The van der Waals surface area contributed by atoms with Crippen LogP contribution in [0.25, 0.3) is 0 Å². The molecule has 2 aliphatic rings. The average Bonchev–Trinajstić information content (AvgIpc) is 3.04. The third kappa shape index (κ3) is 4.89. The Hall–Kier alpha value is -2.90. The fraction of sp³-hybridized carbons (Fsp3) is 0.333. The predicted octanol–water partition coefficient (Wildman–Crippen LogP) is 4.71. The van der Waals surface area contributed by atoms with Gasteiger partial charge in [-0.1, -0.05) is 30.1 Å². The van der Waals surface area contributed by atoms with Crippen molar-refractivity contribution >= 4 is 58.3 Å². The molecule has 0 bridgehead atoms. The summed E-state index contributed by atoms with van der Waals surface area (Å²) in [5.41, 5.74) is 0.930. The number of carbonyl (C=O) groups excluding carboxylic acids is 4. The average molecular weight is 489 g/mol. The van der Waals surface area contributed by atoms with E-state index in [4.69, 9.17) is 27.9 Å². The molecule has 3 atom stereocenters. The summed E-state index contributed by atoms with van der Waals surface area (Å²) in [6, 6.07) is 10.6. The Balaban J connectivity index is 1.36. The van der Waals surface area contributed by atoms with Gasteiger partial charge in [-0.15, -0.1) is 0 Å². The molecule has 1 saturated carbocycles. The van der Waals surface area contributed by atoms with E-state index in [9.17, 15) is 19.2 Å². The van der Waals surface area contributed by atoms with Crippen LogP contribution in [0, 0.1) is 17.8 Å². The molecule has 2 aromatic rings. The maximum absolute atomic E-state index is 12.8. The number of carbonyl (C=O) groups is 4. The Kier molecular flexibility index (Phi) is 6.72. The zero-order valence-electron chi connectivity index (χ0n) is 17.8. The van der Waals surface area contributed by atoms with Crippen molar-refractivity contribution in [2.45, 2.75) is 26.2 Å². The van der Waals surface area contributed by atoms with Crippen LogP contribution < -0.4 is 10.2 Å². The number of rotatable bonds is 5. The second-order valence-electron chi connectivity index (χ2n) is 8.44. The fourth-order valence-electron chi connectivity index (χ4n) is 4.38. The maximum Gasteiger partial charge on any atom is 0.338 e. The lowest BCUT2D eigenvalue weighted by Gasteiger charge is -2.25. The van der Waals surface area contributed by atoms with E-state index < -0.39 is 18.5 Å². The highest BCUT2D eigenvalue weighted by molar-refractivity contribution is 6.35. The van der Waals surface area contributed by atoms with E-state index >= 15 is 0 Å². The first-order chi connectivity index (χ1) is 15.7. The minimum atomic E-state index is -0.713. The summed E-state index contributed by atoms with van der Waals surface area (Å²) in [6.45, 7) is 1.58. The van der Waals surface area contributed by atoms with Crippen LogP contribution >= 0.6 is 23.2 Å². The number of nitrogens with one attached hydrogen (secondary N) is 1. The van der Waals surface area contributed by atoms with Crippen LogP contribution in [-0.2, 0) is 19.1 Å². The number of esters is 1. The molecule has 1 aliphatic carbocycles. The Labute approximate surface area is 201 Å². The molecule has 0 unspecified atom stereocenters. The Morgan fingerprint density at radius 1 is 1.03 bits per heavy atom. The van der Waals surface area contributed by atoms with Gasteiger partial charge in [-0.05, 0) is 67.6 Å². The van der Waals surface area contributed by atoms with Gasteiger partial charge in [0.2, 0.25) is 11.8 Å². The summed E-state index contributed by atoms with van der Waals surface area (Å²) in [5.74, 6) is -1.74. The van der Waals surface area contributed by atoms with Crippen molar-refractivity contribution in [2.75, 3.05) is 16.8 Å². The summed E-state index contributed by atoms with van der Waals surface area (Å²) >= 11 is 11.9. The van der Waals surface area contributed by atoms with Crippen molar-refractivity contribution in [3.63, 3.8) is 0 Å². The van der Waals surface area contributed by atoms with Gasteiger partial charge in [0.05, 0.1) is 33.8 Å². The van der Waals surface area contributed by atoms with Crippen molar-refractivity contribution < 1.29 is 23.9 Å². The number of benzene rings is 2. The molecule has 0 spiro atoms. The molecule has 7 nitrogen and oxygen atoms in total. The lowest BCUT2D eigenvalue weighted by Crippen LogP contribution is -2.30. The standard InChI is InChI=1S/C24H22Cl2N2O5/c1-13-2-8-17-18(10-13)23(31)28(22(17)30)16-6-3-14(4-7-16)24(32)33-12-21(29)27-20-11-15(25)5-9-19(20)26/h3-7,9,11,13,17-18H,2,8,10,12H2,1H3,(H,27,29)/t13-,17+,18+/m1/s1. The Morgan fingerprint density at radius 3 is 2.45 bits per heavy atom. The van der Waals surface area contributed by atoms with E-state index in [2.05, 4.69) is 12.2 Å². The SMILES string of the molecule is C[C@@H]1CC[C@@H]2C(=O)N(c3ccc(C(=O)OCC(=O)Nc4cc(Cl)ccc4Cl)cc3)C(=O)[C@H]2C1. The molecular weight excluding hydrogens is 467 g/mol. The number of halogens is 2. The normalized spacial score (nSPS) is 22.2. The van der Waals surface area contributed by atoms with Crippen molar-refractivity contribution in [1.82, 2.24) is 0 Å². The number of ether oxygens (including phenoxy) is 1. The maximum atomic E-state index is 12.8. The van der Waals surface area contributed by atoms with Gasteiger partial charge in [0.1, 0.15) is 0 Å². The lowest BCUT2D eigenvalue weighted by molar-refractivity contribution is -0.122. The van der Waals surface area contributed by atoms with Crippen LogP contribution in [0.15, 0.2) is 42.5 Å². The molecule has 9 heteroatoms. The quantitative estimate of drug-likeness (QED) is 0.485. The Morgan fingerprint density at radius 2 is 1.73 bits per heavy atom. The number of anilines is 2. The van der Waals surface area contributed by atoms with Crippen LogP contribution in [-0.4, -0.2) is 30.3 Å². The molecule has 1 aliphatic heterocycles. The highest BCUT2D eigenvalue weighted by Gasteiger charge is 2.49. The minimum Gasteiger partial charge on any atom is -0.452 e. The van der Waals surface area contributed by atoms with Gasteiger partial charge in [-0.2, -0.15) is 0 Å². The van der Waals surface area contributed by atoms with Crippen molar-refractivity contribution in [2.24, 2.45) is 17.8 Å². The predicted molar refractivity (Wildman–Crippen MR) is 124 cm³/mol. The van der Waals surface area contributed by atoms with E-state index in [1.54, 1.807) is 24.3 Å². The molecule has 33 heavy (non-hydrogen) atoms. The number of hydrogen-bond acceptors (Lipinski definition) is 5. The molecule has 0 aromatic heterocycles. The number of imide groups is 1. The molecular formula is C24H22Cl2N2O5. The summed E-state index contributed by atoms with van der Waals surface area (Å²) < 4.78 is 5.05. The molecule has 1 saturated heterocycles.